The molecule has 1 aliphatic heterocycles. The highest BCUT2D eigenvalue weighted by molar-refractivity contribution is 9.10. The van der Waals surface area contributed by atoms with Crippen LogP contribution in [-0.2, 0) is 0 Å². The fourth-order valence-corrected chi connectivity index (χ4v) is 3.86. The third-order valence-corrected chi connectivity index (χ3v) is 5.71. The molecule has 1 atom stereocenters. The zero-order valence-corrected chi connectivity index (χ0v) is 18.2. The Labute approximate surface area is 188 Å². The topological polar surface area (TPSA) is 58.7 Å². The number of halogens is 1. The van der Waals surface area contributed by atoms with E-state index in [-0.39, 0.29) is 6.04 Å². The van der Waals surface area contributed by atoms with Crippen LogP contribution in [-0.4, -0.2) is 26.8 Å². The zero-order chi connectivity index (χ0) is 21.0. The fraction of sp³-hybridized carbons (Fsp3) is 0.0833. The van der Waals surface area contributed by atoms with Gasteiger partial charge in [0, 0.05) is 10.9 Å². The number of hydrogen-bond donors (Lipinski definition) is 0. The molecule has 1 unspecified atom stereocenters. The van der Waals surface area contributed by atoms with Gasteiger partial charge in [-0.05, 0) is 41.0 Å². The van der Waals surface area contributed by atoms with Crippen LogP contribution in [0.1, 0.15) is 29.2 Å². The minimum atomic E-state index is 0.139. The van der Waals surface area contributed by atoms with Crippen LogP contribution in [0, 0.1) is 0 Å². The van der Waals surface area contributed by atoms with Gasteiger partial charge in [0.05, 0.1) is 23.7 Å². The van der Waals surface area contributed by atoms with Gasteiger partial charge < -0.3 is 0 Å². The Morgan fingerprint density at radius 3 is 2.29 bits per heavy atom. The van der Waals surface area contributed by atoms with E-state index in [0.717, 1.165) is 33.4 Å². The highest BCUT2D eigenvalue weighted by Gasteiger charge is 2.29. The van der Waals surface area contributed by atoms with E-state index >= 15 is 0 Å². The van der Waals surface area contributed by atoms with Gasteiger partial charge in [0.15, 0.2) is 0 Å². The van der Waals surface area contributed by atoms with E-state index in [1.807, 2.05) is 18.2 Å². The Bertz CT molecular complexity index is 1200. The van der Waals surface area contributed by atoms with Crippen molar-refractivity contribution in [3.05, 3.63) is 113 Å². The maximum Gasteiger partial charge on any atom is 0.141 e. The average molecular weight is 471 g/mol. The summed E-state index contributed by atoms with van der Waals surface area (Å²) >= 11 is 3.54. The van der Waals surface area contributed by atoms with Gasteiger partial charge in [-0.3, -0.25) is 5.01 Å². The Balaban J connectivity index is 1.45. The predicted octanol–water partition coefficient (Wildman–Crippen LogP) is 5.28. The number of rotatable bonds is 5. The van der Waals surface area contributed by atoms with Gasteiger partial charge in [-0.1, -0.05) is 70.5 Å². The molecule has 0 N–H and O–H groups in total. The third-order valence-electron chi connectivity index (χ3n) is 5.18. The second kappa shape index (κ2) is 8.65. The number of benzene rings is 3. The van der Waals surface area contributed by atoms with Crippen molar-refractivity contribution in [2.45, 2.75) is 12.5 Å². The van der Waals surface area contributed by atoms with Crippen molar-refractivity contribution in [3.63, 3.8) is 0 Å². The molecule has 0 fully saturated rings. The molecule has 1 aliphatic rings. The summed E-state index contributed by atoms with van der Waals surface area (Å²) in [7, 11) is 0. The van der Waals surface area contributed by atoms with E-state index in [4.69, 9.17) is 5.10 Å². The van der Waals surface area contributed by atoms with E-state index in [0.29, 0.717) is 0 Å². The van der Waals surface area contributed by atoms with E-state index in [1.54, 1.807) is 23.5 Å². The molecule has 4 aromatic rings. The van der Waals surface area contributed by atoms with Gasteiger partial charge >= 0.3 is 0 Å². The molecule has 0 spiro atoms. The summed E-state index contributed by atoms with van der Waals surface area (Å²) in [5.74, 6) is 0. The Kier molecular flexibility index (Phi) is 5.41. The van der Waals surface area contributed by atoms with Crippen LogP contribution in [0.3, 0.4) is 0 Å². The number of nitrogens with zero attached hydrogens (tertiary/aromatic N) is 6. The molecule has 3 aromatic carbocycles. The van der Waals surface area contributed by atoms with Gasteiger partial charge in [0.2, 0.25) is 0 Å². The highest BCUT2D eigenvalue weighted by atomic mass is 79.9. The highest BCUT2D eigenvalue weighted by Crippen LogP contribution is 2.37. The summed E-state index contributed by atoms with van der Waals surface area (Å²) in [4.78, 5) is 0. The van der Waals surface area contributed by atoms with E-state index in [9.17, 15) is 0 Å². The Morgan fingerprint density at radius 1 is 0.871 bits per heavy atom. The van der Waals surface area contributed by atoms with Gasteiger partial charge in [0.25, 0.3) is 0 Å². The lowest BCUT2D eigenvalue weighted by Gasteiger charge is -2.24. The van der Waals surface area contributed by atoms with Crippen LogP contribution in [0.5, 0.6) is 0 Å². The standard InChI is InChI=1S/C24H19BrN6/c25-21-10-8-20(9-11-21)24-14-23(19-4-2-1-3-5-19)29-31(24)22-12-6-18(7-13-22)15-28-30-16-26-27-17-30/h1-13,15-17,24H,14H2/b28-15+. The molecule has 1 aromatic heterocycles. The van der Waals surface area contributed by atoms with Crippen molar-refractivity contribution in [1.29, 1.82) is 0 Å². The number of hydrazone groups is 1. The average Bonchev–Trinajstić information content (AvgIpc) is 3.50. The summed E-state index contributed by atoms with van der Waals surface area (Å²) in [5.41, 5.74) is 5.51. The second-order valence-corrected chi connectivity index (χ2v) is 8.12. The lowest BCUT2D eigenvalue weighted by molar-refractivity contribution is 0.709. The molecule has 0 saturated heterocycles. The van der Waals surface area contributed by atoms with Crippen molar-refractivity contribution in [2.75, 3.05) is 5.01 Å². The third kappa shape index (κ3) is 4.32. The van der Waals surface area contributed by atoms with Gasteiger partial charge in [-0.15, -0.1) is 10.2 Å². The number of anilines is 1. The molecule has 31 heavy (non-hydrogen) atoms. The Hall–Kier alpha value is -3.58. The molecule has 0 aliphatic carbocycles. The molecular weight excluding hydrogens is 452 g/mol. The van der Waals surface area contributed by atoms with Gasteiger partial charge in [-0.2, -0.15) is 10.2 Å². The monoisotopic (exact) mass is 470 g/mol. The number of aromatic nitrogens is 3. The van der Waals surface area contributed by atoms with Crippen LogP contribution in [0.2, 0.25) is 0 Å². The molecule has 0 radical (unpaired) electrons. The molecule has 0 bridgehead atoms. The molecule has 6 nitrogen and oxygen atoms in total. The van der Waals surface area contributed by atoms with Gasteiger partial charge in [0.1, 0.15) is 12.7 Å². The van der Waals surface area contributed by atoms with Crippen molar-refractivity contribution >= 4 is 33.5 Å². The van der Waals surface area contributed by atoms with Crippen LogP contribution in [0.25, 0.3) is 0 Å². The quantitative estimate of drug-likeness (QED) is 0.372. The summed E-state index contributed by atoms with van der Waals surface area (Å²) in [6, 6.07) is 27.2. The van der Waals surface area contributed by atoms with Crippen LogP contribution in [0.15, 0.2) is 106 Å². The lowest BCUT2D eigenvalue weighted by atomic mass is 9.98. The SMILES string of the molecule is Brc1ccc(C2CC(c3ccccc3)=NN2c2ccc(/C=N/n3cnnc3)cc2)cc1. The predicted molar refractivity (Wildman–Crippen MR) is 126 cm³/mol. The molecule has 7 heteroatoms. The largest absolute Gasteiger partial charge is 0.257 e. The maximum atomic E-state index is 5.01. The van der Waals surface area contributed by atoms with E-state index < -0.39 is 0 Å². The van der Waals surface area contributed by atoms with Crippen LogP contribution < -0.4 is 5.01 Å². The summed E-state index contributed by atoms with van der Waals surface area (Å²) in [5, 5.41) is 18.9. The summed E-state index contributed by atoms with van der Waals surface area (Å²) < 4.78 is 2.63. The summed E-state index contributed by atoms with van der Waals surface area (Å²) in [6.45, 7) is 0. The van der Waals surface area contributed by atoms with Crippen molar-refractivity contribution in [1.82, 2.24) is 14.9 Å². The van der Waals surface area contributed by atoms with Crippen molar-refractivity contribution in [3.8, 4) is 0 Å². The normalized spacial score (nSPS) is 16.1. The van der Waals surface area contributed by atoms with E-state index in [2.05, 4.69) is 96.9 Å². The zero-order valence-electron chi connectivity index (χ0n) is 16.6. The molecular formula is C24H19BrN6. The van der Waals surface area contributed by atoms with Gasteiger partial charge in [-0.25, -0.2) is 4.68 Å². The lowest BCUT2D eigenvalue weighted by Crippen LogP contribution is -2.18. The molecule has 2 heterocycles. The van der Waals surface area contributed by atoms with Crippen LogP contribution in [0.4, 0.5) is 5.69 Å². The maximum absolute atomic E-state index is 5.01. The summed E-state index contributed by atoms with van der Waals surface area (Å²) in [6.07, 6.45) is 5.74. The fourth-order valence-electron chi connectivity index (χ4n) is 3.60. The van der Waals surface area contributed by atoms with E-state index in [1.165, 1.54) is 5.56 Å². The first-order valence-corrected chi connectivity index (χ1v) is 10.7. The first-order valence-electron chi connectivity index (χ1n) is 9.93. The molecule has 0 amide bonds. The molecule has 0 saturated carbocycles. The van der Waals surface area contributed by atoms with Crippen molar-refractivity contribution in [2.24, 2.45) is 10.2 Å². The second-order valence-electron chi connectivity index (χ2n) is 7.21. The Morgan fingerprint density at radius 2 is 1.58 bits per heavy atom. The minimum Gasteiger partial charge on any atom is -0.257 e. The molecule has 5 rings (SSSR count). The number of hydrogen-bond acceptors (Lipinski definition) is 5. The smallest absolute Gasteiger partial charge is 0.141 e. The first-order chi connectivity index (χ1) is 15.3. The molecule has 152 valence electrons. The minimum absolute atomic E-state index is 0.139. The van der Waals surface area contributed by atoms with Crippen molar-refractivity contribution < 1.29 is 0 Å². The van der Waals surface area contributed by atoms with Crippen LogP contribution >= 0.6 is 15.9 Å². The first kappa shape index (κ1) is 19.4.